The van der Waals surface area contributed by atoms with Crippen molar-refractivity contribution in [1.29, 1.82) is 0 Å². The van der Waals surface area contributed by atoms with Crippen LogP contribution in [0.4, 0.5) is 4.39 Å². The molecule has 0 N–H and O–H groups in total. The molecule has 0 spiro atoms. The molecule has 1 heterocycles. The van der Waals surface area contributed by atoms with Crippen LogP contribution in [-0.4, -0.2) is 15.7 Å². The molecule has 0 bridgehead atoms. The first-order valence-electron chi connectivity index (χ1n) is 5.71. The van der Waals surface area contributed by atoms with Crippen LogP contribution < -0.4 is 0 Å². The highest BCUT2D eigenvalue weighted by atomic mass is 32.2. The summed E-state index contributed by atoms with van der Waals surface area (Å²) in [5, 5.41) is 0. The van der Waals surface area contributed by atoms with Gasteiger partial charge in [0.15, 0.2) is 5.78 Å². The van der Waals surface area contributed by atoms with Gasteiger partial charge in [0, 0.05) is 20.2 Å². The number of hydrogen-bond donors (Lipinski definition) is 0. The van der Waals surface area contributed by atoms with Gasteiger partial charge in [0.05, 0.1) is 16.6 Å². The molecular formula is C14H13FO2S2. The number of aryl methyl sites for hydroxylation is 2. The maximum absolute atomic E-state index is 13.0. The first-order valence-corrected chi connectivity index (χ1v) is 7.85. The molecule has 0 amide bonds. The van der Waals surface area contributed by atoms with Crippen LogP contribution >= 0.6 is 11.3 Å². The average molecular weight is 296 g/mol. The predicted octanol–water partition coefficient (Wildman–Crippen LogP) is 3.49. The zero-order chi connectivity index (χ0) is 14.0. The summed E-state index contributed by atoms with van der Waals surface area (Å²) in [5.41, 5.74) is 0.618. The second kappa shape index (κ2) is 5.75. The molecule has 1 unspecified atom stereocenters. The lowest BCUT2D eigenvalue weighted by molar-refractivity contribution is 0.102. The Morgan fingerprint density at radius 3 is 2.63 bits per heavy atom. The van der Waals surface area contributed by atoms with Gasteiger partial charge in [-0.2, -0.15) is 0 Å². The minimum atomic E-state index is -1.51. The summed E-state index contributed by atoms with van der Waals surface area (Å²) >= 11 is 1.54. The van der Waals surface area contributed by atoms with Gasteiger partial charge in [-0.3, -0.25) is 9.00 Å². The molecule has 2 rings (SSSR count). The van der Waals surface area contributed by atoms with E-state index < -0.39 is 16.6 Å². The summed E-state index contributed by atoms with van der Waals surface area (Å²) in [6, 6.07) is 7.36. The van der Waals surface area contributed by atoms with Gasteiger partial charge in [0.25, 0.3) is 0 Å². The lowest BCUT2D eigenvalue weighted by Gasteiger charge is -2.02. The van der Waals surface area contributed by atoms with Crippen LogP contribution in [0.25, 0.3) is 0 Å². The SMILES string of the molecule is Cc1cc(C(=O)CS(=O)c2cccc(F)c2)c(C)s1. The van der Waals surface area contributed by atoms with E-state index in [0.29, 0.717) is 10.5 Å². The molecule has 0 aliphatic rings. The van der Waals surface area contributed by atoms with Crippen molar-refractivity contribution >= 4 is 27.9 Å². The number of thiophene rings is 1. The molecule has 2 nitrogen and oxygen atoms in total. The summed E-state index contributed by atoms with van der Waals surface area (Å²) in [7, 11) is -1.51. The lowest BCUT2D eigenvalue weighted by atomic mass is 10.2. The summed E-state index contributed by atoms with van der Waals surface area (Å²) in [4.78, 5) is 14.4. The maximum Gasteiger partial charge on any atom is 0.176 e. The normalized spacial score (nSPS) is 12.4. The molecule has 0 fully saturated rings. The fraction of sp³-hybridized carbons (Fsp3) is 0.214. The van der Waals surface area contributed by atoms with Gasteiger partial charge in [-0.15, -0.1) is 11.3 Å². The Labute approximate surface area is 117 Å². The van der Waals surface area contributed by atoms with E-state index in [9.17, 15) is 13.4 Å². The van der Waals surface area contributed by atoms with Crippen molar-refractivity contribution in [2.45, 2.75) is 18.7 Å². The monoisotopic (exact) mass is 296 g/mol. The van der Waals surface area contributed by atoms with E-state index in [4.69, 9.17) is 0 Å². The van der Waals surface area contributed by atoms with E-state index >= 15 is 0 Å². The third-order valence-electron chi connectivity index (χ3n) is 2.66. The van der Waals surface area contributed by atoms with E-state index in [2.05, 4.69) is 0 Å². The second-order valence-electron chi connectivity index (χ2n) is 4.20. The van der Waals surface area contributed by atoms with Gasteiger partial charge < -0.3 is 0 Å². The van der Waals surface area contributed by atoms with Gasteiger partial charge >= 0.3 is 0 Å². The zero-order valence-corrected chi connectivity index (χ0v) is 12.2. The Bertz CT molecular complexity index is 647. The minimum absolute atomic E-state index is 0.111. The van der Waals surface area contributed by atoms with Gasteiger partial charge in [-0.05, 0) is 38.1 Å². The highest BCUT2D eigenvalue weighted by molar-refractivity contribution is 7.85. The minimum Gasteiger partial charge on any atom is -0.293 e. The smallest absolute Gasteiger partial charge is 0.176 e. The molecule has 0 aliphatic heterocycles. The fourth-order valence-corrected chi connectivity index (χ4v) is 3.77. The highest BCUT2D eigenvalue weighted by Gasteiger charge is 2.16. The first kappa shape index (κ1) is 14.1. The molecule has 100 valence electrons. The first-order chi connectivity index (χ1) is 8.97. The van der Waals surface area contributed by atoms with Crippen molar-refractivity contribution < 1.29 is 13.4 Å². The van der Waals surface area contributed by atoms with Crippen LogP contribution in [0.1, 0.15) is 20.1 Å². The Hall–Kier alpha value is -1.33. The average Bonchev–Trinajstić information content (AvgIpc) is 2.68. The molecule has 1 aromatic heterocycles. The molecule has 0 saturated heterocycles. The quantitative estimate of drug-likeness (QED) is 0.809. The van der Waals surface area contributed by atoms with Crippen molar-refractivity contribution in [3.05, 3.63) is 51.5 Å². The van der Waals surface area contributed by atoms with Gasteiger partial charge in [-0.1, -0.05) is 6.07 Å². The van der Waals surface area contributed by atoms with Crippen LogP contribution in [0.5, 0.6) is 0 Å². The zero-order valence-electron chi connectivity index (χ0n) is 10.6. The number of carbonyl (C=O) groups is 1. The largest absolute Gasteiger partial charge is 0.293 e. The van der Waals surface area contributed by atoms with Crippen molar-refractivity contribution in [3.8, 4) is 0 Å². The van der Waals surface area contributed by atoms with E-state index in [1.54, 1.807) is 17.4 Å². The van der Waals surface area contributed by atoms with Crippen LogP contribution in [-0.2, 0) is 10.8 Å². The summed E-state index contributed by atoms with van der Waals surface area (Å²) in [5.74, 6) is -0.717. The fourth-order valence-electron chi connectivity index (χ4n) is 1.80. The van der Waals surface area contributed by atoms with Crippen molar-refractivity contribution in [3.63, 3.8) is 0 Å². The van der Waals surface area contributed by atoms with E-state index in [-0.39, 0.29) is 11.5 Å². The Kier molecular flexibility index (Phi) is 4.27. The number of hydrogen-bond acceptors (Lipinski definition) is 3. The second-order valence-corrected chi connectivity index (χ2v) is 7.11. The Morgan fingerprint density at radius 1 is 1.32 bits per heavy atom. The highest BCUT2D eigenvalue weighted by Crippen LogP contribution is 2.21. The molecular weight excluding hydrogens is 283 g/mol. The third-order valence-corrected chi connectivity index (χ3v) is 4.93. The standard InChI is InChI=1S/C14H13FO2S2/c1-9-6-13(10(2)18-9)14(16)8-19(17)12-5-3-4-11(15)7-12/h3-7H,8H2,1-2H3. The number of Topliss-reactive ketones (excluding diaryl/α,β-unsaturated/α-hetero) is 1. The predicted molar refractivity (Wildman–Crippen MR) is 75.8 cm³/mol. The molecule has 0 radical (unpaired) electrons. The summed E-state index contributed by atoms with van der Waals surface area (Å²) < 4.78 is 25.1. The molecule has 5 heteroatoms. The maximum atomic E-state index is 13.0. The summed E-state index contributed by atoms with van der Waals surface area (Å²) in [6.07, 6.45) is 0. The van der Waals surface area contributed by atoms with Gasteiger partial charge in [0.2, 0.25) is 0 Å². The van der Waals surface area contributed by atoms with Crippen LogP contribution in [0.3, 0.4) is 0 Å². The van der Waals surface area contributed by atoms with Crippen molar-refractivity contribution in [1.82, 2.24) is 0 Å². The van der Waals surface area contributed by atoms with Gasteiger partial charge in [-0.25, -0.2) is 4.39 Å². The van der Waals surface area contributed by atoms with Crippen molar-refractivity contribution in [2.75, 3.05) is 5.75 Å². The number of benzene rings is 1. The van der Waals surface area contributed by atoms with E-state index in [0.717, 1.165) is 9.75 Å². The number of rotatable bonds is 4. The molecule has 0 aliphatic carbocycles. The molecule has 19 heavy (non-hydrogen) atoms. The molecule has 1 atom stereocenters. The number of halogens is 1. The van der Waals surface area contributed by atoms with Crippen LogP contribution in [0, 0.1) is 19.7 Å². The van der Waals surface area contributed by atoms with Crippen LogP contribution in [0.15, 0.2) is 35.2 Å². The number of ketones is 1. The molecule has 0 saturated carbocycles. The Morgan fingerprint density at radius 2 is 2.05 bits per heavy atom. The van der Waals surface area contributed by atoms with Crippen LogP contribution in [0.2, 0.25) is 0 Å². The number of carbonyl (C=O) groups excluding carboxylic acids is 1. The topological polar surface area (TPSA) is 34.1 Å². The lowest BCUT2D eigenvalue weighted by Crippen LogP contribution is -2.11. The van der Waals surface area contributed by atoms with E-state index in [1.165, 1.54) is 18.2 Å². The van der Waals surface area contributed by atoms with E-state index in [1.807, 2.05) is 19.9 Å². The summed E-state index contributed by atoms with van der Waals surface area (Å²) in [6.45, 7) is 3.80. The third kappa shape index (κ3) is 3.36. The van der Waals surface area contributed by atoms with Crippen molar-refractivity contribution in [2.24, 2.45) is 0 Å². The molecule has 2 aromatic rings. The molecule has 1 aromatic carbocycles. The van der Waals surface area contributed by atoms with Gasteiger partial charge in [0.1, 0.15) is 5.82 Å². The Balaban J connectivity index is 2.15.